The van der Waals surface area contributed by atoms with Gasteiger partial charge in [-0.05, 0) is 51.8 Å². The van der Waals surface area contributed by atoms with Gasteiger partial charge in [0.2, 0.25) is 11.8 Å². The molecule has 0 aliphatic carbocycles. The van der Waals surface area contributed by atoms with Crippen molar-refractivity contribution in [3.05, 3.63) is 69.2 Å². The Bertz CT molecular complexity index is 886. The van der Waals surface area contributed by atoms with Crippen LogP contribution in [0.5, 0.6) is 0 Å². The molecule has 0 saturated carbocycles. The molecule has 0 spiro atoms. The first kappa shape index (κ1) is 24.2. The van der Waals surface area contributed by atoms with Crippen LogP contribution in [0, 0.1) is 6.92 Å². The van der Waals surface area contributed by atoms with E-state index in [9.17, 15) is 9.59 Å². The predicted molar refractivity (Wildman–Crippen MR) is 124 cm³/mol. The maximum atomic E-state index is 13.4. The van der Waals surface area contributed by atoms with Crippen molar-refractivity contribution in [2.24, 2.45) is 0 Å². The molecule has 0 aliphatic rings. The zero-order valence-electron chi connectivity index (χ0n) is 18.3. The molecule has 1 N–H and O–H groups in total. The highest BCUT2D eigenvalue weighted by molar-refractivity contribution is 6.36. The van der Waals surface area contributed by atoms with E-state index in [1.54, 1.807) is 23.1 Å². The van der Waals surface area contributed by atoms with Crippen LogP contribution in [0.15, 0.2) is 42.5 Å². The minimum atomic E-state index is -0.631. The third kappa shape index (κ3) is 6.75. The van der Waals surface area contributed by atoms with Gasteiger partial charge in [0.15, 0.2) is 0 Å². The summed E-state index contributed by atoms with van der Waals surface area (Å²) in [5.41, 5.74) is 2.22. The van der Waals surface area contributed by atoms with E-state index in [1.165, 1.54) is 0 Å². The molecule has 2 rings (SSSR count). The Morgan fingerprint density at radius 1 is 1.07 bits per heavy atom. The highest BCUT2D eigenvalue weighted by atomic mass is 35.5. The van der Waals surface area contributed by atoms with E-state index in [0.29, 0.717) is 22.0 Å². The summed E-state index contributed by atoms with van der Waals surface area (Å²) in [7, 11) is 0. The standard InChI is InChI=1S/C24H30Cl2N2O2/c1-6-21(23(30)27-24(3,4)5)28(15-18-19(25)11-8-12-20(18)26)22(29)14-17-10-7-9-16(2)13-17/h7-13,21H,6,14-15H2,1-5H3,(H,27,30). The second kappa shape index (κ2) is 10.3. The lowest BCUT2D eigenvalue weighted by Gasteiger charge is -2.33. The van der Waals surface area contributed by atoms with Gasteiger partial charge in [0.25, 0.3) is 0 Å². The fraction of sp³-hybridized carbons (Fsp3) is 0.417. The Morgan fingerprint density at radius 3 is 2.20 bits per heavy atom. The predicted octanol–water partition coefficient (Wildman–Crippen LogP) is 5.57. The molecule has 1 atom stereocenters. The van der Waals surface area contributed by atoms with Crippen LogP contribution in [0.1, 0.15) is 50.8 Å². The minimum Gasteiger partial charge on any atom is -0.350 e. The highest BCUT2D eigenvalue weighted by Gasteiger charge is 2.31. The van der Waals surface area contributed by atoms with Crippen LogP contribution in [-0.4, -0.2) is 28.3 Å². The fourth-order valence-corrected chi connectivity index (χ4v) is 3.84. The van der Waals surface area contributed by atoms with Crippen LogP contribution in [0.3, 0.4) is 0 Å². The Morgan fingerprint density at radius 2 is 1.67 bits per heavy atom. The van der Waals surface area contributed by atoms with Crippen LogP contribution >= 0.6 is 23.2 Å². The SMILES string of the molecule is CCC(C(=O)NC(C)(C)C)N(Cc1c(Cl)cccc1Cl)C(=O)Cc1cccc(C)c1. The average molecular weight is 449 g/mol. The summed E-state index contributed by atoms with van der Waals surface area (Å²) in [5, 5.41) is 3.94. The zero-order valence-corrected chi connectivity index (χ0v) is 19.8. The summed E-state index contributed by atoms with van der Waals surface area (Å²) < 4.78 is 0. The molecule has 0 radical (unpaired) electrons. The fourth-order valence-electron chi connectivity index (χ4n) is 3.32. The number of nitrogens with one attached hydrogen (secondary N) is 1. The number of aryl methyl sites for hydroxylation is 1. The van der Waals surface area contributed by atoms with Gasteiger partial charge >= 0.3 is 0 Å². The van der Waals surface area contributed by atoms with Gasteiger partial charge in [-0.2, -0.15) is 0 Å². The summed E-state index contributed by atoms with van der Waals surface area (Å²) >= 11 is 12.7. The normalized spacial score (nSPS) is 12.4. The van der Waals surface area contributed by atoms with Crippen molar-refractivity contribution in [1.29, 1.82) is 0 Å². The van der Waals surface area contributed by atoms with Gasteiger partial charge in [-0.15, -0.1) is 0 Å². The van der Waals surface area contributed by atoms with E-state index in [4.69, 9.17) is 23.2 Å². The largest absolute Gasteiger partial charge is 0.350 e. The molecule has 30 heavy (non-hydrogen) atoms. The van der Waals surface area contributed by atoms with E-state index in [-0.39, 0.29) is 24.8 Å². The number of hydrogen-bond acceptors (Lipinski definition) is 2. The number of amides is 2. The van der Waals surface area contributed by atoms with Gasteiger partial charge in [0, 0.05) is 27.7 Å². The number of hydrogen-bond donors (Lipinski definition) is 1. The van der Waals surface area contributed by atoms with E-state index >= 15 is 0 Å². The van der Waals surface area contributed by atoms with E-state index in [1.807, 2.05) is 58.9 Å². The summed E-state index contributed by atoms with van der Waals surface area (Å²) in [4.78, 5) is 28.0. The summed E-state index contributed by atoms with van der Waals surface area (Å²) in [6.07, 6.45) is 0.673. The van der Waals surface area contributed by atoms with Crippen molar-refractivity contribution in [3.8, 4) is 0 Å². The molecular weight excluding hydrogens is 419 g/mol. The van der Waals surface area contributed by atoms with Gasteiger partial charge in [-0.25, -0.2) is 0 Å². The highest BCUT2D eigenvalue weighted by Crippen LogP contribution is 2.27. The quantitative estimate of drug-likeness (QED) is 0.601. The maximum absolute atomic E-state index is 13.4. The lowest BCUT2D eigenvalue weighted by molar-refractivity contribution is -0.141. The topological polar surface area (TPSA) is 49.4 Å². The Kier molecular flexibility index (Phi) is 8.34. The van der Waals surface area contributed by atoms with E-state index in [2.05, 4.69) is 5.32 Å². The molecule has 6 heteroatoms. The van der Waals surface area contributed by atoms with Gasteiger partial charge in [0.1, 0.15) is 6.04 Å². The summed E-state index contributed by atoms with van der Waals surface area (Å²) in [5.74, 6) is -0.335. The molecule has 2 aromatic rings. The first-order valence-corrected chi connectivity index (χ1v) is 10.9. The van der Waals surface area contributed by atoms with Crippen molar-refractivity contribution < 1.29 is 9.59 Å². The van der Waals surface area contributed by atoms with E-state index in [0.717, 1.165) is 11.1 Å². The second-order valence-electron chi connectivity index (χ2n) is 8.55. The Labute approximate surface area is 189 Å². The molecule has 162 valence electrons. The van der Waals surface area contributed by atoms with Gasteiger partial charge in [0.05, 0.1) is 6.42 Å². The lowest BCUT2D eigenvalue weighted by atomic mass is 10.0. The molecule has 0 aromatic heterocycles. The molecule has 0 saturated heterocycles. The van der Waals surface area contributed by atoms with Crippen LogP contribution in [-0.2, 0) is 22.6 Å². The van der Waals surface area contributed by atoms with Gasteiger partial charge in [-0.3, -0.25) is 9.59 Å². The molecule has 1 unspecified atom stereocenters. The van der Waals surface area contributed by atoms with Gasteiger partial charge in [-0.1, -0.05) is 66.0 Å². The van der Waals surface area contributed by atoms with Crippen molar-refractivity contribution in [3.63, 3.8) is 0 Å². The summed E-state index contributed by atoms with van der Waals surface area (Å²) in [6, 6.07) is 12.4. The monoisotopic (exact) mass is 448 g/mol. The smallest absolute Gasteiger partial charge is 0.243 e. The maximum Gasteiger partial charge on any atom is 0.243 e. The molecule has 0 bridgehead atoms. The van der Waals surface area contributed by atoms with Crippen molar-refractivity contribution >= 4 is 35.0 Å². The van der Waals surface area contributed by atoms with Crippen LogP contribution in [0.4, 0.5) is 0 Å². The van der Waals surface area contributed by atoms with Crippen molar-refractivity contribution in [2.75, 3.05) is 0 Å². The number of nitrogens with zero attached hydrogens (tertiary/aromatic N) is 1. The molecule has 2 amide bonds. The first-order chi connectivity index (χ1) is 14.0. The lowest BCUT2D eigenvalue weighted by Crippen LogP contribution is -2.53. The average Bonchev–Trinajstić information content (AvgIpc) is 2.62. The number of carbonyl (C=O) groups excluding carboxylic acids is 2. The number of rotatable bonds is 7. The zero-order chi connectivity index (χ0) is 22.5. The second-order valence-corrected chi connectivity index (χ2v) is 9.37. The number of halogens is 2. The van der Waals surface area contributed by atoms with Crippen LogP contribution in [0.25, 0.3) is 0 Å². The molecule has 0 fully saturated rings. The molecule has 4 nitrogen and oxygen atoms in total. The minimum absolute atomic E-state index is 0.146. The van der Waals surface area contributed by atoms with Crippen molar-refractivity contribution in [1.82, 2.24) is 10.2 Å². The Hall–Kier alpha value is -2.04. The third-order valence-corrected chi connectivity index (χ3v) is 5.42. The molecule has 0 heterocycles. The van der Waals surface area contributed by atoms with Crippen molar-refractivity contribution in [2.45, 2.75) is 65.6 Å². The van der Waals surface area contributed by atoms with E-state index < -0.39 is 11.6 Å². The van der Waals surface area contributed by atoms with Crippen LogP contribution in [0.2, 0.25) is 10.0 Å². The molecular formula is C24H30Cl2N2O2. The van der Waals surface area contributed by atoms with Gasteiger partial charge < -0.3 is 10.2 Å². The van der Waals surface area contributed by atoms with Crippen LogP contribution < -0.4 is 5.32 Å². The first-order valence-electron chi connectivity index (χ1n) is 10.1. The Balaban J connectivity index is 2.39. The third-order valence-electron chi connectivity index (χ3n) is 4.71. The number of carbonyl (C=O) groups is 2. The molecule has 0 aliphatic heterocycles. The molecule has 2 aromatic carbocycles. The summed E-state index contributed by atoms with van der Waals surface area (Å²) in [6.45, 7) is 9.80. The number of benzene rings is 2.